The van der Waals surface area contributed by atoms with Gasteiger partial charge in [-0.25, -0.2) is 9.37 Å². The molecule has 0 spiro atoms. The van der Waals surface area contributed by atoms with Crippen LogP contribution in [0.1, 0.15) is 10.6 Å². The van der Waals surface area contributed by atoms with Gasteiger partial charge in [0.25, 0.3) is 0 Å². The van der Waals surface area contributed by atoms with Crippen LogP contribution in [0.2, 0.25) is 0 Å². The van der Waals surface area contributed by atoms with Crippen molar-refractivity contribution in [1.82, 2.24) is 15.2 Å². The number of likely N-dealkylation sites (N-methyl/N-ethyl adjacent to an activating group) is 1. The van der Waals surface area contributed by atoms with E-state index in [4.69, 9.17) is 4.42 Å². The summed E-state index contributed by atoms with van der Waals surface area (Å²) in [6.45, 7) is 1.60. The molecule has 0 saturated carbocycles. The van der Waals surface area contributed by atoms with Crippen molar-refractivity contribution < 1.29 is 8.81 Å². The second-order valence-corrected chi connectivity index (χ2v) is 7.16. The van der Waals surface area contributed by atoms with Gasteiger partial charge in [0.05, 0.1) is 5.69 Å². The molecule has 0 saturated heterocycles. The van der Waals surface area contributed by atoms with Crippen molar-refractivity contribution in [2.24, 2.45) is 4.99 Å². The van der Waals surface area contributed by atoms with Crippen molar-refractivity contribution in [3.63, 3.8) is 0 Å². The minimum Gasteiger partial charge on any atom is -0.444 e. The molecule has 0 unspecified atom stereocenters. The number of hydrogen-bond donors (Lipinski definition) is 1. The van der Waals surface area contributed by atoms with Crippen LogP contribution in [0.25, 0.3) is 11.5 Å². The maximum atomic E-state index is 13.0. The number of thiophene rings is 1. The normalized spacial score (nSPS) is 11.2. The standard InChI is InChI=1S/C20H23FN4OS.HI/c1-22-20(25(2)12-10-18-4-3-13-27-18)23-11-9-17-14-26-19(24-17)15-5-7-16(21)8-6-15;/h3-8,13-14H,9-12H2,1-2H3,(H,22,23);1H. The molecule has 0 aliphatic heterocycles. The van der Waals surface area contributed by atoms with E-state index in [2.05, 4.69) is 37.7 Å². The molecule has 0 radical (unpaired) electrons. The van der Waals surface area contributed by atoms with E-state index in [0.717, 1.165) is 30.2 Å². The van der Waals surface area contributed by atoms with Gasteiger partial charge in [0.1, 0.15) is 12.1 Å². The number of aliphatic imine (C=N–C) groups is 1. The maximum absolute atomic E-state index is 13.0. The molecule has 2 heterocycles. The number of rotatable bonds is 7. The molecule has 0 bridgehead atoms. The molecule has 0 aliphatic rings. The summed E-state index contributed by atoms with van der Waals surface area (Å²) in [5.74, 6) is 1.08. The molecule has 150 valence electrons. The van der Waals surface area contributed by atoms with Gasteiger partial charge in [-0.15, -0.1) is 35.3 Å². The Balaban J connectivity index is 0.00000280. The summed E-state index contributed by atoms with van der Waals surface area (Å²) < 4.78 is 18.5. The Kier molecular flexibility index (Phi) is 8.91. The van der Waals surface area contributed by atoms with E-state index in [0.29, 0.717) is 18.9 Å². The average molecular weight is 514 g/mol. The van der Waals surface area contributed by atoms with Crippen LogP contribution < -0.4 is 5.32 Å². The molecule has 3 rings (SSSR count). The summed E-state index contributed by atoms with van der Waals surface area (Å²) in [7, 11) is 3.82. The highest BCUT2D eigenvalue weighted by molar-refractivity contribution is 14.0. The number of hydrogen-bond acceptors (Lipinski definition) is 4. The highest BCUT2D eigenvalue weighted by atomic mass is 127. The Labute approximate surface area is 185 Å². The van der Waals surface area contributed by atoms with Crippen molar-refractivity contribution in [3.8, 4) is 11.5 Å². The van der Waals surface area contributed by atoms with Crippen LogP contribution >= 0.6 is 35.3 Å². The highest BCUT2D eigenvalue weighted by Crippen LogP contribution is 2.19. The summed E-state index contributed by atoms with van der Waals surface area (Å²) in [6.07, 6.45) is 3.35. The lowest BCUT2D eigenvalue weighted by Crippen LogP contribution is -2.40. The van der Waals surface area contributed by atoms with Gasteiger partial charge in [-0.3, -0.25) is 4.99 Å². The third-order valence-corrected chi connectivity index (χ3v) is 5.09. The predicted molar refractivity (Wildman–Crippen MR) is 123 cm³/mol. The fourth-order valence-corrected chi connectivity index (χ4v) is 3.37. The lowest BCUT2D eigenvalue weighted by molar-refractivity contribution is 0.487. The number of benzene rings is 1. The molecule has 3 aromatic rings. The van der Waals surface area contributed by atoms with E-state index < -0.39 is 0 Å². The van der Waals surface area contributed by atoms with E-state index in [1.807, 2.05) is 7.05 Å². The molecule has 0 atom stereocenters. The van der Waals surface area contributed by atoms with Crippen LogP contribution in [0.15, 0.2) is 57.5 Å². The first-order chi connectivity index (χ1) is 13.2. The van der Waals surface area contributed by atoms with Gasteiger partial charge < -0.3 is 14.6 Å². The summed E-state index contributed by atoms with van der Waals surface area (Å²) in [4.78, 5) is 12.3. The average Bonchev–Trinajstić information content (AvgIpc) is 3.36. The minimum atomic E-state index is -0.274. The van der Waals surface area contributed by atoms with Crippen molar-refractivity contribution in [1.29, 1.82) is 0 Å². The third-order valence-electron chi connectivity index (χ3n) is 4.15. The van der Waals surface area contributed by atoms with Crippen molar-refractivity contribution in [2.75, 3.05) is 27.2 Å². The first-order valence-electron chi connectivity index (χ1n) is 8.80. The second kappa shape index (κ2) is 11.2. The molecule has 0 fully saturated rings. The fraction of sp³-hybridized carbons (Fsp3) is 0.300. The molecular weight excluding hydrogens is 490 g/mol. The van der Waals surface area contributed by atoms with Crippen LogP contribution in [-0.4, -0.2) is 43.0 Å². The van der Waals surface area contributed by atoms with Crippen molar-refractivity contribution in [2.45, 2.75) is 12.8 Å². The van der Waals surface area contributed by atoms with Gasteiger partial charge in [0.2, 0.25) is 5.89 Å². The number of nitrogens with zero attached hydrogens (tertiary/aromatic N) is 3. The number of oxazole rings is 1. The van der Waals surface area contributed by atoms with Crippen LogP contribution in [0.3, 0.4) is 0 Å². The second-order valence-electron chi connectivity index (χ2n) is 6.13. The quantitative estimate of drug-likeness (QED) is 0.288. The number of halogens is 2. The Bertz CT molecular complexity index is 865. The van der Waals surface area contributed by atoms with Gasteiger partial charge in [-0.2, -0.15) is 0 Å². The molecule has 1 aromatic carbocycles. The summed E-state index contributed by atoms with van der Waals surface area (Å²) in [5, 5.41) is 5.45. The Morgan fingerprint density at radius 1 is 1.25 bits per heavy atom. The smallest absolute Gasteiger partial charge is 0.226 e. The summed E-state index contributed by atoms with van der Waals surface area (Å²) >= 11 is 1.77. The molecule has 0 amide bonds. The SMILES string of the molecule is CN=C(NCCc1coc(-c2ccc(F)cc2)n1)N(C)CCc1cccs1.I. The Morgan fingerprint density at radius 3 is 2.71 bits per heavy atom. The number of nitrogens with one attached hydrogen (secondary N) is 1. The number of guanidine groups is 1. The zero-order chi connectivity index (χ0) is 19.1. The van der Waals surface area contributed by atoms with Crippen LogP contribution in [-0.2, 0) is 12.8 Å². The van der Waals surface area contributed by atoms with Gasteiger partial charge in [-0.1, -0.05) is 6.07 Å². The topological polar surface area (TPSA) is 53.7 Å². The predicted octanol–water partition coefficient (Wildman–Crippen LogP) is 4.45. The monoisotopic (exact) mass is 514 g/mol. The van der Waals surface area contributed by atoms with E-state index >= 15 is 0 Å². The third kappa shape index (κ3) is 6.30. The Morgan fingerprint density at radius 2 is 2.04 bits per heavy atom. The minimum absolute atomic E-state index is 0. The molecule has 8 heteroatoms. The molecule has 0 aliphatic carbocycles. The lowest BCUT2D eigenvalue weighted by Gasteiger charge is -2.21. The summed E-state index contributed by atoms with van der Waals surface area (Å²) in [5.41, 5.74) is 1.61. The molecule has 2 aromatic heterocycles. The van der Waals surface area contributed by atoms with Gasteiger partial charge in [-0.05, 0) is 42.1 Å². The first-order valence-corrected chi connectivity index (χ1v) is 9.68. The summed E-state index contributed by atoms with van der Waals surface area (Å²) in [6, 6.07) is 10.3. The van der Waals surface area contributed by atoms with Gasteiger partial charge >= 0.3 is 0 Å². The first kappa shape index (κ1) is 22.4. The van der Waals surface area contributed by atoms with Crippen LogP contribution in [0.4, 0.5) is 4.39 Å². The lowest BCUT2D eigenvalue weighted by atomic mass is 10.2. The van der Waals surface area contributed by atoms with Crippen LogP contribution in [0, 0.1) is 5.82 Å². The van der Waals surface area contributed by atoms with Gasteiger partial charge in [0, 0.05) is 44.0 Å². The zero-order valence-electron chi connectivity index (χ0n) is 15.9. The number of aromatic nitrogens is 1. The van der Waals surface area contributed by atoms with Crippen molar-refractivity contribution >= 4 is 41.3 Å². The van der Waals surface area contributed by atoms with E-state index in [1.54, 1.807) is 36.8 Å². The molecule has 1 N–H and O–H groups in total. The van der Waals surface area contributed by atoms with E-state index in [1.165, 1.54) is 17.0 Å². The molecule has 5 nitrogen and oxygen atoms in total. The molecule has 28 heavy (non-hydrogen) atoms. The van der Waals surface area contributed by atoms with Crippen LogP contribution in [0.5, 0.6) is 0 Å². The van der Waals surface area contributed by atoms with E-state index in [-0.39, 0.29) is 29.8 Å². The van der Waals surface area contributed by atoms with Gasteiger partial charge in [0.15, 0.2) is 5.96 Å². The Hall–Kier alpha value is -1.94. The largest absolute Gasteiger partial charge is 0.444 e. The van der Waals surface area contributed by atoms with E-state index in [9.17, 15) is 4.39 Å². The van der Waals surface area contributed by atoms with Crippen molar-refractivity contribution in [3.05, 3.63) is 64.4 Å². The fourth-order valence-electron chi connectivity index (χ4n) is 2.67. The highest BCUT2D eigenvalue weighted by Gasteiger charge is 2.09. The molecular formula is C20H24FIN4OS. The maximum Gasteiger partial charge on any atom is 0.226 e. The zero-order valence-corrected chi connectivity index (χ0v) is 19.0.